The van der Waals surface area contributed by atoms with Crippen molar-refractivity contribution in [3.8, 4) is 0 Å². The molecular formula is C37H47N4O+. The molecule has 0 unspecified atom stereocenters. The number of aromatic nitrogens is 1. The van der Waals surface area contributed by atoms with Gasteiger partial charge in [-0.25, -0.2) is 4.79 Å². The van der Waals surface area contributed by atoms with Crippen molar-refractivity contribution in [3.63, 3.8) is 0 Å². The molecule has 0 atom stereocenters. The molecule has 5 rings (SSSR count). The highest BCUT2D eigenvalue weighted by Gasteiger charge is 2.28. The number of carbonyl (C=O) groups is 1. The average Bonchev–Trinajstić information content (AvgIpc) is 3.05. The minimum Gasteiger partial charge on any atom is -0.338 e. The van der Waals surface area contributed by atoms with Gasteiger partial charge in [0.25, 0.3) is 0 Å². The van der Waals surface area contributed by atoms with Crippen LogP contribution in [0.2, 0.25) is 0 Å². The van der Waals surface area contributed by atoms with Crippen LogP contribution >= 0.6 is 0 Å². The molecule has 0 saturated carbocycles. The third-order valence-corrected chi connectivity index (χ3v) is 8.59. The fraction of sp³-hybridized carbons (Fsp3) is 0.405. The Balaban J connectivity index is 0.919. The number of benzene rings is 3. The molecule has 0 spiro atoms. The van der Waals surface area contributed by atoms with Gasteiger partial charge in [0.1, 0.15) is 6.54 Å². The summed E-state index contributed by atoms with van der Waals surface area (Å²) in [5, 5.41) is 4.49. The molecule has 2 heterocycles. The number of piperazine rings is 1. The first-order chi connectivity index (χ1) is 20.8. The molecule has 1 fully saturated rings. The molecule has 1 N–H and O–H groups in total. The van der Waals surface area contributed by atoms with E-state index in [-0.39, 0.29) is 12.1 Å². The number of carbonyl (C=O) groups excluding carboxylic acids is 1. The second kappa shape index (κ2) is 16.1. The molecule has 1 aliphatic heterocycles. The molecule has 1 aromatic heterocycles. The summed E-state index contributed by atoms with van der Waals surface area (Å²) >= 11 is 0. The predicted octanol–water partition coefficient (Wildman–Crippen LogP) is 7.36. The van der Waals surface area contributed by atoms with E-state index >= 15 is 0 Å². The number of unbranched alkanes of at least 4 members (excludes halogenated alkanes) is 7. The lowest BCUT2D eigenvalue weighted by Gasteiger charge is -2.39. The van der Waals surface area contributed by atoms with E-state index in [0.717, 1.165) is 45.7 Å². The van der Waals surface area contributed by atoms with Crippen molar-refractivity contribution in [1.82, 2.24) is 15.1 Å². The van der Waals surface area contributed by atoms with Gasteiger partial charge in [-0.1, -0.05) is 105 Å². The second-order valence-corrected chi connectivity index (χ2v) is 11.6. The van der Waals surface area contributed by atoms with E-state index in [0.29, 0.717) is 0 Å². The lowest BCUT2D eigenvalue weighted by Crippen LogP contribution is -2.52. The Bertz CT molecular complexity index is 1310. The van der Waals surface area contributed by atoms with Gasteiger partial charge in [-0.3, -0.25) is 4.90 Å². The highest BCUT2D eigenvalue weighted by molar-refractivity contribution is 5.75. The van der Waals surface area contributed by atoms with Crippen molar-refractivity contribution >= 4 is 16.9 Å². The van der Waals surface area contributed by atoms with Gasteiger partial charge in [0.2, 0.25) is 5.52 Å². The van der Waals surface area contributed by atoms with Crippen LogP contribution in [0, 0.1) is 0 Å². The molecule has 1 saturated heterocycles. The third-order valence-electron chi connectivity index (χ3n) is 8.59. The predicted molar refractivity (Wildman–Crippen MR) is 172 cm³/mol. The standard InChI is InChI=1S/C37H46N4O/c42-37(41-30-28-40(29-31-41)36(33-19-9-7-10-20-33)34-21-11-8-12-22-34)38-25-15-5-3-1-2-4-6-16-26-39-27-17-23-32-18-13-14-24-35(32)39/h7-14,17-24,27,36H,1-6,15-16,25-26,28-31H2/p+1. The van der Waals surface area contributed by atoms with Crippen LogP contribution in [0.5, 0.6) is 0 Å². The summed E-state index contributed by atoms with van der Waals surface area (Å²) in [5.41, 5.74) is 3.94. The molecule has 1 aliphatic rings. The summed E-state index contributed by atoms with van der Waals surface area (Å²) in [6, 6.07) is 34.7. The van der Waals surface area contributed by atoms with Crippen molar-refractivity contribution in [2.24, 2.45) is 0 Å². The molecule has 0 bridgehead atoms. The smallest absolute Gasteiger partial charge is 0.317 e. The van der Waals surface area contributed by atoms with Crippen molar-refractivity contribution in [2.45, 2.75) is 64.0 Å². The summed E-state index contributed by atoms with van der Waals surface area (Å²) in [7, 11) is 0. The summed E-state index contributed by atoms with van der Waals surface area (Å²) in [4.78, 5) is 17.3. The van der Waals surface area contributed by atoms with Crippen LogP contribution < -0.4 is 9.88 Å². The molecular weight excluding hydrogens is 516 g/mol. The van der Waals surface area contributed by atoms with Gasteiger partial charge in [0.05, 0.1) is 6.04 Å². The largest absolute Gasteiger partial charge is 0.338 e. The lowest BCUT2D eigenvalue weighted by atomic mass is 9.96. The molecule has 0 aliphatic carbocycles. The van der Waals surface area contributed by atoms with E-state index in [4.69, 9.17) is 0 Å². The number of fused-ring (bicyclic) bond motifs is 1. The maximum absolute atomic E-state index is 12.8. The number of urea groups is 1. The first-order valence-corrected chi connectivity index (χ1v) is 16.0. The van der Waals surface area contributed by atoms with Crippen molar-refractivity contribution < 1.29 is 9.36 Å². The minimum atomic E-state index is 0.0923. The zero-order valence-corrected chi connectivity index (χ0v) is 25.0. The van der Waals surface area contributed by atoms with Gasteiger partial charge in [0, 0.05) is 56.7 Å². The number of amides is 2. The zero-order valence-electron chi connectivity index (χ0n) is 25.0. The Kier molecular flexibility index (Phi) is 11.4. The molecule has 5 heteroatoms. The SMILES string of the molecule is O=C(NCCCCCCCCCC[n+]1cccc2ccccc21)N1CCN(C(c2ccccc2)c2ccccc2)CC1. The Morgan fingerprint density at radius 1 is 0.643 bits per heavy atom. The molecule has 220 valence electrons. The fourth-order valence-electron chi connectivity index (χ4n) is 6.26. The van der Waals surface area contributed by atoms with E-state index in [1.807, 2.05) is 4.90 Å². The van der Waals surface area contributed by atoms with Crippen molar-refractivity contribution in [1.29, 1.82) is 0 Å². The maximum atomic E-state index is 12.8. The Hall–Kier alpha value is -3.70. The van der Waals surface area contributed by atoms with Crippen LogP contribution in [0.3, 0.4) is 0 Å². The topological polar surface area (TPSA) is 39.5 Å². The Morgan fingerprint density at radius 2 is 1.19 bits per heavy atom. The van der Waals surface area contributed by atoms with E-state index in [1.54, 1.807) is 0 Å². The van der Waals surface area contributed by atoms with Crippen molar-refractivity contribution in [3.05, 3.63) is 114 Å². The van der Waals surface area contributed by atoms with Gasteiger partial charge in [0.15, 0.2) is 6.20 Å². The normalized spacial score (nSPS) is 14.0. The first kappa shape index (κ1) is 29.8. The number of rotatable bonds is 14. The number of pyridine rings is 1. The molecule has 3 aromatic carbocycles. The van der Waals surface area contributed by atoms with Gasteiger partial charge in [-0.15, -0.1) is 0 Å². The van der Waals surface area contributed by atoms with E-state index in [1.165, 1.54) is 67.0 Å². The lowest BCUT2D eigenvalue weighted by molar-refractivity contribution is -0.671. The fourth-order valence-corrected chi connectivity index (χ4v) is 6.26. The van der Waals surface area contributed by atoms with Crippen LogP contribution in [0.4, 0.5) is 4.79 Å². The number of hydrogen-bond acceptors (Lipinski definition) is 2. The number of nitrogens with zero attached hydrogens (tertiary/aromatic N) is 3. The third kappa shape index (κ3) is 8.42. The number of nitrogens with one attached hydrogen (secondary N) is 1. The van der Waals surface area contributed by atoms with Gasteiger partial charge in [-0.2, -0.15) is 4.57 Å². The monoisotopic (exact) mass is 563 g/mol. The molecule has 4 aromatic rings. The first-order valence-electron chi connectivity index (χ1n) is 16.0. The summed E-state index contributed by atoms with van der Waals surface area (Å²) in [5.74, 6) is 0. The molecule has 0 radical (unpaired) electrons. The quantitative estimate of drug-likeness (QED) is 0.129. The highest BCUT2D eigenvalue weighted by atomic mass is 16.2. The minimum absolute atomic E-state index is 0.0923. The van der Waals surface area contributed by atoms with Gasteiger partial charge < -0.3 is 10.2 Å². The second-order valence-electron chi connectivity index (χ2n) is 11.6. The summed E-state index contributed by atoms with van der Waals surface area (Å²) < 4.78 is 2.38. The summed E-state index contributed by atoms with van der Waals surface area (Å²) in [6.07, 6.45) is 12.1. The molecule has 2 amide bonds. The highest BCUT2D eigenvalue weighted by Crippen LogP contribution is 2.29. The van der Waals surface area contributed by atoms with Crippen molar-refractivity contribution in [2.75, 3.05) is 32.7 Å². The van der Waals surface area contributed by atoms with Crippen LogP contribution in [-0.4, -0.2) is 48.6 Å². The van der Waals surface area contributed by atoms with Gasteiger partial charge in [-0.05, 0) is 36.1 Å². The number of aryl methyl sites for hydroxylation is 1. The van der Waals surface area contributed by atoms with Crippen LogP contribution in [0.1, 0.15) is 68.5 Å². The van der Waals surface area contributed by atoms with E-state index in [2.05, 4.69) is 118 Å². The zero-order chi connectivity index (χ0) is 28.8. The van der Waals surface area contributed by atoms with Gasteiger partial charge >= 0.3 is 6.03 Å². The Labute approximate surface area is 252 Å². The van der Waals surface area contributed by atoms with Crippen LogP contribution in [0.15, 0.2) is 103 Å². The van der Waals surface area contributed by atoms with E-state index < -0.39 is 0 Å². The maximum Gasteiger partial charge on any atom is 0.317 e. The van der Waals surface area contributed by atoms with Crippen LogP contribution in [-0.2, 0) is 6.54 Å². The average molecular weight is 564 g/mol. The summed E-state index contributed by atoms with van der Waals surface area (Å²) in [6.45, 7) is 5.15. The van der Waals surface area contributed by atoms with Crippen LogP contribution in [0.25, 0.3) is 10.9 Å². The number of hydrogen-bond donors (Lipinski definition) is 1. The Morgan fingerprint density at radius 3 is 1.86 bits per heavy atom. The van der Waals surface area contributed by atoms with E-state index in [9.17, 15) is 4.79 Å². The molecule has 42 heavy (non-hydrogen) atoms. The number of para-hydroxylation sites is 1. The molecule has 5 nitrogen and oxygen atoms in total.